The summed E-state index contributed by atoms with van der Waals surface area (Å²) < 4.78 is 6.82. The Morgan fingerprint density at radius 2 is 2.00 bits per heavy atom. The van der Waals surface area contributed by atoms with Crippen molar-refractivity contribution >= 4 is 11.7 Å². The Hall–Kier alpha value is -2.82. The normalized spacial score (nSPS) is 10.4. The number of benzene rings is 1. The summed E-state index contributed by atoms with van der Waals surface area (Å²) in [5, 5.41) is 7.06. The van der Waals surface area contributed by atoms with Gasteiger partial charge in [0.25, 0.3) is 5.91 Å². The van der Waals surface area contributed by atoms with E-state index < -0.39 is 0 Å². The summed E-state index contributed by atoms with van der Waals surface area (Å²) in [6.07, 6.45) is 3.29. The molecule has 0 aliphatic heterocycles. The monoisotopic (exact) mass is 267 g/mol. The van der Waals surface area contributed by atoms with Crippen molar-refractivity contribution in [3.05, 3.63) is 66.2 Å². The highest BCUT2D eigenvalue weighted by Gasteiger charge is 2.12. The topological polar surface area (TPSA) is 60.1 Å². The summed E-state index contributed by atoms with van der Waals surface area (Å²) in [6, 6.07) is 13.1. The Bertz CT molecular complexity index is 728. The number of rotatable bonds is 3. The van der Waals surface area contributed by atoms with Crippen molar-refractivity contribution < 1.29 is 9.21 Å². The van der Waals surface area contributed by atoms with Gasteiger partial charge in [-0.2, -0.15) is 5.10 Å². The minimum atomic E-state index is -0.227. The van der Waals surface area contributed by atoms with Crippen LogP contribution in [0.5, 0.6) is 0 Å². The number of carbonyl (C=O) groups is 1. The summed E-state index contributed by atoms with van der Waals surface area (Å²) in [4.78, 5) is 12.0. The third-order valence-electron chi connectivity index (χ3n) is 2.95. The predicted molar refractivity (Wildman–Crippen MR) is 75.0 cm³/mol. The number of nitrogens with one attached hydrogen (secondary N) is 1. The van der Waals surface area contributed by atoms with E-state index >= 15 is 0 Å². The van der Waals surface area contributed by atoms with Crippen LogP contribution in [0.25, 0.3) is 5.69 Å². The van der Waals surface area contributed by atoms with Crippen LogP contribution in [-0.4, -0.2) is 15.7 Å². The van der Waals surface area contributed by atoms with Crippen molar-refractivity contribution in [2.45, 2.75) is 6.92 Å². The molecule has 5 heteroatoms. The fourth-order valence-corrected chi connectivity index (χ4v) is 1.92. The van der Waals surface area contributed by atoms with Gasteiger partial charge in [-0.1, -0.05) is 18.2 Å². The lowest BCUT2D eigenvalue weighted by Crippen LogP contribution is -2.12. The molecule has 0 aliphatic carbocycles. The molecule has 0 saturated carbocycles. The second-order valence-electron chi connectivity index (χ2n) is 4.33. The van der Waals surface area contributed by atoms with E-state index in [-0.39, 0.29) is 5.91 Å². The van der Waals surface area contributed by atoms with Gasteiger partial charge in [0.15, 0.2) is 5.82 Å². The summed E-state index contributed by atoms with van der Waals surface area (Å²) in [7, 11) is 0. The molecular weight excluding hydrogens is 254 g/mol. The number of carbonyl (C=O) groups excluding carboxylic acids is 1. The van der Waals surface area contributed by atoms with Gasteiger partial charge in [-0.05, 0) is 25.1 Å². The van der Waals surface area contributed by atoms with Crippen molar-refractivity contribution in [3.63, 3.8) is 0 Å². The molecule has 0 radical (unpaired) electrons. The molecule has 2 heterocycles. The number of aromatic nitrogens is 2. The molecule has 0 bridgehead atoms. The molecule has 5 nitrogen and oxygen atoms in total. The molecule has 0 atom stereocenters. The Morgan fingerprint density at radius 3 is 2.70 bits per heavy atom. The molecule has 1 amide bonds. The first-order valence-corrected chi connectivity index (χ1v) is 6.20. The predicted octanol–water partition coefficient (Wildman–Crippen LogP) is 3.03. The number of para-hydroxylation sites is 1. The van der Waals surface area contributed by atoms with E-state index in [4.69, 9.17) is 4.42 Å². The first-order chi connectivity index (χ1) is 9.74. The third kappa shape index (κ3) is 2.33. The highest BCUT2D eigenvalue weighted by Crippen LogP contribution is 2.13. The second kappa shape index (κ2) is 5.05. The zero-order valence-corrected chi connectivity index (χ0v) is 10.9. The standard InChI is InChI=1S/C15H13N3O2/c1-11-13(8-10-20-11)15(19)16-14-7-9-18(17-14)12-5-3-2-4-6-12/h2-10H,1H3,(H,16,17,19). The van der Waals surface area contributed by atoms with Crippen molar-refractivity contribution in [2.75, 3.05) is 5.32 Å². The van der Waals surface area contributed by atoms with Gasteiger partial charge in [-0.15, -0.1) is 0 Å². The van der Waals surface area contributed by atoms with Crippen LogP contribution in [0.15, 0.2) is 59.3 Å². The van der Waals surface area contributed by atoms with Gasteiger partial charge in [0.05, 0.1) is 17.5 Å². The first-order valence-electron chi connectivity index (χ1n) is 6.20. The summed E-state index contributed by atoms with van der Waals surface area (Å²) in [5.74, 6) is 0.860. The molecule has 20 heavy (non-hydrogen) atoms. The lowest BCUT2D eigenvalue weighted by atomic mass is 10.2. The van der Waals surface area contributed by atoms with Crippen molar-refractivity contribution in [2.24, 2.45) is 0 Å². The van der Waals surface area contributed by atoms with E-state index in [1.165, 1.54) is 6.26 Å². The second-order valence-corrected chi connectivity index (χ2v) is 4.33. The molecule has 1 N–H and O–H groups in total. The van der Waals surface area contributed by atoms with Crippen LogP contribution in [0, 0.1) is 6.92 Å². The van der Waals surface area contributed by atoms with E-state index in [9.17, 15) is 4.79 Å². The summed E-state index contributed by atoms with van der Waals surface area (Å²) >= 11 is 0. The highest BCUT2D eigenvalue weighted by atomic mass is 16.3. The van der Waals surface area contributed by atoms with E-state index in [0.717, 1.165) is 5.69 Å². The molecule has 1 aromatic carbocycles. The van der Waals surface area contributed by atoms with E-state index in [0.29, 0.717) is 17.1 Å². The van der Waals surface area contributed by atoms with Crippen molar-refractivity contribution in [1.29, 1.82) is 0 Å². The van der Waals surface area contributed by atoms with Crippen LogP contribution < -0.4 is 5.32 Å². The molecule has 0 aliphatic rings. The number of aryl methyl sites for hydroxylation is 1. The van der Waals surface area contributed by atoms with Crippen LogP contribution in [-0.2, 0) is 0 Å². The molecule has 100 valence electrons. The highest BCUT2D eigenvalue weighted by molar-refractivity contribution is 6.04. The maximum absolute atomic E-state index is 12.0. The van der Waals surface area contributed by atoms with Crippen LogP contribution in [0.2, 0.25) is 0 Å². The average molecular weight is 267 g/mol. The quantitative estimate of drug-likeness (QED) is 0.793. The zero-order valence-electron chi connectivity index (χ0n) is 10.9. The Labute approximate surface area is 115 Å². The number of hydrogen-bond donors (Lipinski definition) is 1. The van der Waals surface area contributed by atoms with Gasteiger partial charge in [0.2, 0.25) is 0 Å². The van der Waals surface area contributed by atoms with Crippen molar-refractivity contribution in [1.82, 2.24) is 9.78 Å². The van der Waals surface area contributed by atoms with Gasteiger partial charge in [-0.3, -0.25) is 4.79 Å². The van der Waals surface area contributed by atoms with Gasteiger partial charge in [0, 0.05) is 12.3 Å². The lowest BCUT2D eigenvalue weighted by Gasteiger charge is -2.01. The largest absolute Gasteiger partial charge is 0.469 e. The summed E-state index contributed by atoms with van der Waals surface area (Å²) in [5.41, 5.74) is 1.45. The van der Waals surface area contributed by atoms with Crippen LogP contribution in [0.1, 0.15) is 16.1 Å². The summed E-state index contributed by atoms with van der Waals surface area (Å²) in [6.45, 7) is 1.75. The fourth-order valence-electron chi connectivity index (χ4n) is 1.92. The van der Waals surface area contributed by atoms with Gasteiger partial charge in [-0.25, -0.2) is 4.68 Å². The minimum Gasteiger partial charge on any atom is -0.469 e. The van der Waals surface area contributed by atoms with Gasteiger partial charge in [0.1, 0.15) is 5.76 Å². The molecule has 0 saturated heterocycles. The fraction of sp³-hybridized carbons (Fsp3) is 0.0667. The smallest absolute Gasteiger partial charge is 0.260 e. The molecule has 0 fully saturated rings. The minimum absolute atomic E-state index is 0.227. The van der Waals surface area contributed by atoms with Crippen molar-refractivity contribution in [3.8, 4) is 5.69 Å². The molecule has 0 spiro atoms. The zero-order chi connectivity index (χ0) is 13.9. The van der Waals surface area contributed by atoms with E-state index in [1.54, 1.807) is 29.9 Å². The van der Waals surface area contributed by atoms with Gasteiger partial charge < -0.3 is 9.73 Å². The Morgan fingerprint density at radius 1 is 1.20 bits per heavy atom. The SMILES string of the molecule is Cc1occc1C(=O)Nc1ccn(-c2ccccc2)n1. The van der Waals surface area contributed by atoms with Crippen LogP contribution in [0.4, 0.5) is 5.82 Å². The van der Waals surface area contributed by atoms with Crippen LogP contribution >= 0.6 is 0 Å². The number of nitrogens with zero attached hydrogens (tertiary/aromatic N) is 2. The maximum Gasteiger partial charge on any atom is 0.260 e. The van der Waals surface area contributed by atoms with E-state index in [2.05, 4.69) is 10.4 Å². The number of furan rings is 1. The average Bonchev–Trinajstić information content (AvgIpc) is 3.09. The molecule has 0 unspecified atom stereocenters. The Balaban J connectivity index is 1.78. The molecule has 3 aromatic rings. The number of amides is 1. The number of hydrogen-bond acceptors (Lipinski definition) is 3. The maximum atomic E-state index is 12.0. The number of anilines is 1. The first kappa shape index (κ1) is 12.2. The molecular formula is C15H13N3O2. The molecule has 2 aromatic heterocycles. The van der Waals surface area contributed by atoms with Crippen LogP contribution in [0.3, 0.4) is 0 Å². The molecule has 3 rings (SSSR count). The van der Waals surface area contributed by atoms with E-state index in [1.807, 2.05) is 30.3 Å². The lowest BCUT2D eigenvalue weighted by molar-refractivity contribution is 0.102. The van der Waals surface area contributed by atoms with Gasteiger partial charge >= 0.3 is 0 Å². The Kier molecular flexibility index (Phi) is 3.09. The third-order valence-corrected chi connectivity index (χ3v) is 2.95.